The zero-order valence-corrected chi connectivity index (χ0v) is 11.6. The second-order valence-corrected chi connectivity index (χ2v) is 5.01. The lowest BCUT2D eigenvalue weighted by Crippen LogP contribution is -1.98. The predicted molar refractivity (Wildman–Crippen MR) is 77.7 cm³/mol. The molecule has 2 rings (SSSR count). The van der Waals surface area contributed by atoms with Gasteiger partial charge in [-0.3, -0.25) is 0 Å². The van der Waals surface area contributed by atoms with Crippen LogP contribution in [-0.2, 0) is 0 Å². The first-order valence-electron chi connectivity index (χ1n) is 6.63. The van der Waals surface area contributed by atoms with Crippen molar-refractivity contribution in [2.24, 2.45) is 0 Å². The van der Waals surface area contributed by atoms with E-state index in [9.17, 15) is 5.11 Å². The summed E-state index contributed by atoms with van der Waals surface area (Å²) in [5, 5.41) is 9.78. The molecule has 0 aliphatic heterocycles. The standard InChI is InChI=1S/C17H20O2/c1-12(2)14-8-4-6-10-16(14)19-17-11-7-5-9-15(17)13(3)18/h4-13,18H,1-3H3/t13-/m1/s1. The minimum Gasteiger partial charge on any atom is -0.457 e. The maximum Gasteiger partial charge on any atom is 0.133 e. The third-order valence-corrected chi connectivity index (χ3v) is 3.13. The Morgan fingerprint density at radius 3 is 1.79 bits per heavy atom. The highest BCUT2D eigenvalue weighted by Crippen LogP contribution is 2.33. The van der Waals surface area contributed by atoms with Crippen molar-refractivity contribution >= 4 is 0 Å². The number of rotatable bonds is 4. The molecule has 0 bridgehead atoms. The quantitative estimate of drug-likeness (QED) is 0.862. The molecule has 100 valence electrons. The molecule has 2 nitrogen and oxygen atoms in total. The number of para-hydroxylation sites is 2. The molecule has 0 saturated heterocycles. The first kappa shape index (κ1) is 13.6. The third kappa shape index (κ3) is 3.15. The molecule has 0 radical (unpaired) electrons. The van der Waals surface area contributed by atoms with Crippen molar-refractivity contribution in [3.05, 3.63) is 59.7 Å². The molecule has 0 aliphatic rings. The predicted octanol–water partition coefficient (Wildman–Crippen LogP) is 4.66. The van der Waals surface area contributed by atoms with Crippen LogP contribution in [0.1, 0.15) is 43.9 Å². The molecule has 1 N–H and O–H groups in total. The Kier molecular flexibility index (Phi) is 4.23. The van der Waals surface area contributed by atoms with Gasteiger partial charge in [-0.1, -0.05) is 50.2 Å². The summed E-state index contributed by atoms with van der Waals surface area (Å²) in [5.74, 6) is 1.96. The Balaban J connectivity index is 2.37. The monoisotopic (exact) mass is 256 g/mol. The average molecular weight is 256 g/mol. The van der Waals surface area contributed by atoms with Crippen LogP contribution in [0.3, 0.4) is 0 Å². The summed E-state index contributed by atoms with van der Waals surface area (Å²) in [6.07, 6.45) is -0.539. The highest BCUT2D eigenvalue weighted by atomic mass is 16.5. The fourth-order valence-corrected chi connectivity index (χ4v) is 2.09. The number of ether oxygens (including phenoxy) is 1. The Morgan fingerprint density at radius 1 is 0.789 bits per heavy atom. The number of benzene rings is 2. The highest BCUT2D eigenvalue weighted by Gasteiger charge is 2.12. The summed E-state index contributed by atoms with van der Waals surface area (Å²) < 4.78 is 6.00. The van der Waals surface area contributed by atoms with E-state index in [1.165, 1.54) is 5.56 Å². The molecule has 0 heterocycles. The smallest absolute Gasteiger partial charge is 0.133 e. The second-order valence-electron chi connectivity index (χ2n) is 5.01. The molecule has 0 aliphatic carbocycles. The van der Waals surface area contributed by atoms with Gasteiger partial charge in [0.25, 0.3) is 0 Å². The van der Waals surface area contributed by atoms with Crippen molar-refractivity contribution in [1.82, 2.24) is 0 Å². The lowest BCUT2D eigenvalue weighted by Gasteiger charge is -2.16. The van der Waals surface area contributed by atoms with Gasteiger partial charge in [-0.05, 0) is 30.5 Å². The van der Waals surface area contributed by atoms with Crippen molar-refractivity contribution in [2.45, 2.75) is 32.8 Å². The zero-order chi connectivity index (χ0) is 13.8. The minimum absolute atomic E-state index is 0.398. The molecular formula is C17H20O2. The van der Waals surface area contributed by atoms with Crippen LogP contribution in [0, 0.1) is 0 Å². The van der Waals surface area contributed by atoms with E-state index in [0.29, 0.717) is 11.7 Å². The molecule has 0 saturated carbocycles. The van der Waals surface area contributed by atoms with Crippen molar-refractivity contribution in [1.29, 1.82) is 0 Å². The number of hydrogen-bond acceptors (Lipinski definition) is 2. The molecule has 0 amide bonds. The molecule has 0 unspecified atom stereocenters. The molecule has 0 aromatic heterocycles. The zero-order valence-electron chi connectivity index (χ0n) is 11.6. The lowest BCUT2D eigenvalue weighted by molar-refractivity contribution is 0.195. The number of hydrogen-bond donors (Lipinski definition) is 1. The Bertz CT molecular complexity index is 495. The molecule has 0 spiro atoms. The van der Waals surface area contributed by atoms with Crippen LogP contribution in [-0.4, -0.2) is 5.11 Å². The van der Waals surface area contributed by atoms with Crippen LogP contribution >= 0.6 is 0 Å². The van der Waals surface area contributed by atoms with Gasteiger partial charge in [-0.15, -0.1) is 0 Å². The Labute approximate surface area is 114 Å². The van der Waals surface area contributed by atoms with Gasteiger partial charge in [-0.2, -0.15) is 0 Å². The third-order valence-electron chi connectivity index (χ3n) is 3.13. The molecule has 2 aromatic carbocycles. The van der Waals surface area contributed by atoms with Gasteiger partial charge in [0.05, 0.1) is 6.10 Å². The van der Waals surface area contributed by atoms with Gasteiger partial charge in [-0.25, -0.2) is 0 Å². The van der Waals surface area contributed by atoms with Gasteiger partial charge < -0.3 is 9.84 Å². The largest absolute Gasteiger partial charge is 0.457 e. The minimum atomic E-state index is -0.539. The second kappa shape index (κ2) is 5.89. The molecule has 1 atom stereocenters. The van der Waals surface area contributed by atoms with E-state index in [-0.39, 0.29) is 0 Å². The topological polar surface area (TPSA) is 29.5 Å². The van der Waals surface area contributed by atoms with Crippen LogP contribution in [0.25, 0.3) is 0 Å². The average Bonchev–Trinajstić information content (AvgIpc) is 2.39. The van der Waals surface area contributed by atoms with Crippen molar-refractivity contribution in [3.8, 4) is 11.5 Å². The maximum absolute atomic E-state index is 9.78. The molecular weight excluding hydrogens is 236 g/mol. The molecule has 2 aromatic rings. The van der Waals surface area contributed by atoms with Crippen LogP contribution in [0.15, 0.2) is 48.5 Å². The van der Waals surface area contributed by atoms with Crippen LogP contribution in [0.2, 0.25) is 0 Å². The van der Waals surface area contributed by atoms with E-state index in [0.717, 1.165) is 11.3 Å². The van der Waals surface area contributed by atoms with Crippen LogP contribution < -0.4 is 4.74 Å². The fourth-order valence-electron chi connectivity index (χ4n) is 2.09. The fraction of sp³-hybridized carbons (Fsp3) is 0.294. The van der Waals surface area contributed by atoms with Gasteiger partial charge >= 0.3 is 0 Å². The summed E-state index contributed by atoms with van der Waals surface area (Å²) in [4.78, 5) is 0. The van der Waals surface area contributed by atoms with Crippen molar-refractivity contribution in [3.63, 3.8) is 0 Å². The van der Waals surface area contributed by atoms with E-state index in [1.54, 1.807) is 6.92 Å². The van der Waals surface area contributed by atoms with E-state index in [4.69, 9.17) is 4.74 Å². The Morgan fingerprint density at radius 2 is 1.26 bits per heavy atom. The normalized spacial score (nSPS) is 12.5. The van der Waals surface area contributed by atoms with Crippen molar-refractivity contribution < 1.29 is 9.84 Å². The molecule has 19 heavy (non-hydrogen) atoms. The first-order chi connectivity index (χ1) is 9.09. The highest BCUT2D eigenvalue weighted by molar-refractivity contribution is 5.43. The molecule has 2 heteroatoms. The van der Waals surface area contributed by atoms with Crippen LogP contribution in [0.4, 0.5) is 0 Å². The van der Waals surface area contributed by atoms with Gasteiger partial charge in [0.2, 0.25) is 0 Å². The van der Waals surface area contributed by atoms with Crippen LogP contribution in [0.5, 0.6) is 11.5 Å². The van der Waals surface area contributed by atoms with Gasteiger partial charge in [0, 0.05) is 5.56 Å². The summed E-state index contributed by atoms with van der Waals surface area (Å²) in [7, 11) is 0. The SMILES string of the molecule is CC(C)c1ccccc1Oc1ccccc1[C@@H](C)O. The van der Waals surface area contributed by atoms with E-state index < -0.39 is 6.10 Å². The molecule has 0 fully saturated rings. The van der Waals surface area contributed by atoms with Crippen molar-refractivity contribution in [2.75, 3.05) is 0 Å². The summed E-state index contributed by atoms with van der Waals surface area (Å²) in [6.45, 7) is 6.03. The van der Waals surface area contributed by atoms with Gasteiger partial charge in [0.15, 0.2) is 0 Å². The van der Waals surface area contributed by atoms with Gasteiger partial charge in [0.1, 0.15) is 11.5 Å². The lowest BCUT2D eigenvalue weighted by atomic mass is 10.0. The van der Waals surface area contributed by atoms with E-state index in [2.05, 4.69) is 19.9 Å². The Hall–Kier alpha value is -1.80. The summed E-state index contributed by atoms with van der Waals surface area (Å²) >= 11 is 0. The summed E-state index contributed by atoms with van der Waals surface area (Å²) in [6, 6.07) is 15.6. The first-order valence-corrected chi connectivity index (χ1v) is 6.63. The number of aliphatic hydroxyl groups excluding tert-OH is 1. The number of aliphatic hydroxyl groups is 1. The van der Waals surface area contributed by atoms with E-state index in [1.807, 2.05) is 42.5 Å². The maximum atomic E-state index is 9.78. The van der Waals surface area contributed by atoms with E-state index >= 15 is 0 Å². The summed E-state index contributed by atoms with van der Waals surface area (Å²) in [5.41, 5.74) is 1.98.